The Morgan fingerprint density at radius 3 is 2.06 bits per heavy atom. The molecule has 1 atom stereocenters. The molecule has 0 radical (unpaired) electrons. The fourth-order valence-corrected chi connectivity index (χ4v) is 15.2. The van der Waals surface area contributed by atoms with Crippen molar-refractivity contribution in [3.05, 3.63) is 98.7 Å². The average Bonchev–Trinajstić information content (AvgIpc) is 3.33. The first-order valence-electron chi connectivity index (χ1n) is 12.6. The first kappa shape index (κ1) is 23.3. The molecule has 5 rings (SSSR count). The second-order valence-corrected chi connectivity index (χ2v) is 19.5. The van der Waals surface area contributed by atoms with E-state index in [-0.39, 0.29) is 3.17 Å². The van der Waals surface area contributed by atoms with Crippen LogP contribution in [0.25, 0.3) is 6.08 Å². The maximum absolute atomic E-state index is 2.67. The molecular weight excluding hydrogens is 563 g/mol. The first-order chi connectivity index (χ1) is 15.5. The van der Waals surface area contributed by atoms with Crippen LogP contribution in [0.1, 0.15) is 82.7 Å². The molecule has 0 aromatic heterocycles. The Bertz CT molecular complexity index is 1180. The van der Waals surface area contributed by atoms with E-state index >= 15 is 0 Å². The molecule has 2 aromatic carbocycles. The summed E-state index contributed by atoms with van der Waals surface area (Å²) in [5, 5.41) is 0. The molecule has 0 fully saturated rings. The van der Waals surface area contributed by atoms with E-state index in [1.807, 2.05) is 0 Å². The van der Waals surface area contributed by atoms with Gasteiger partial charge in [0, 0.05) is 0 Å². The zero-order chi connectivity index (χ0) is 23.6. The van der Waals surface area contributed by atoms with Crippen LogP contribution in [0.4, 0.5) is 0 Å². The van der Waals surface area contributed by atoms with Crippen molar-refractivity contribution in [3.8, 4) is 0 Å². The van der Waals surface area contributed by atoms with Gasteiger partial charge in [-0.1, -0.05) is 0 Å². The average molecular weight is 601 g/mol. The van der Waals surface area contributed by atoms with Crippen molar-refractivity contribution in [3.63, 3.8) is 0 Å². The molecule has 0 spiro atoms. The minimum absolute atomic E-state index is 0.273. The summed E-state index contributed by atoms with van der Waals surface area (Å²) in [6.07, 6.45) is 10.0. The summed E-state index contributed by atoms with van der Waals surface area (Å²) in [5.41, 5.74) is 14.7. The van der Waals surface area contributed by atoms with E-state index in [0.717, 1.165) is 0 Å². The number of aryl methyl sites for hydroxylation is 1. The summed E-state index contributed by atoms with van der Waals surface area (Å²) in [4.78, 5) is 0. The van der Waals surface area contributed by atoms with Crippen molar-refractivity contribution in [2.75, 3.05) is 0 Å². The van der Waals surface area contributed by atoms with E-state index in [1.54, 1.807) is 39.0 Å². The molecule has 0 bridgehead atoms. The number of fused-ring (bicyclic) bond motifs is 2. The van der Waals surface area contributed by atoms with Gasteiger partial charge in [0.15, 0.2) is 0 Å². The fraction of sp³-hybridized carbons (Fsp3) is 0.438. The van der Waals surface area contributed by atoms with Gasteiger partial charge in [0.2, 0.25) is 0 Å². The van der Waals surface area contributed by atoms with Gasteiger partial charge in [0.25, 0.3) is 0 Å². The standard InChI is InChI=1S/C22H23.C10H15.Hf/c1-22(2)14-19-12-18-11-10-17(21(18)13-20(19)15-22)9-8-16-6-4-3-5-7-16;1-6-7(2)9(4)10(5)8(6)3;/h3-7,10-13H,8-9,14-15H2,1-2H3;1-5H3;. The van der Waals surface area contributed by atoms with Crippen molar-refractivity contribution >= 4 is 6.08 Å². The quantitative estimate of drug-likeness (QED) is 0.301. The van der Waals surface area contributed by atoms with Gasteiger partial charge in [0.1, 0.15) is 0 Å². The molecule has 3 aliphatic carbocycles. The van der Waals surface area contributed by atoms with Crippen LogP contribution >= 0.6 is 0 Å². The Morgan fingerprint density at radius 1 is 0.818 bits per heavy atom. The van der Waals surface area contributed by atoms with Crippen LogP contribution in [0.5, 0.6) is 0 Å². The van der Waals surface area contributed by atoms with Gasteiger partial charge < -0.3 is 0 Å². The number of hydrogen-bond donors (Lipinski definition) is 0. The molecule has 0 saturated carbocycles. The Balaban J connectivity index is 1.59. The third-order valence-electron chi connectivity index (χ3n) is 9.05. The van der Waals surface area contributed by atoms with Crippen molar-refractivity contribution in [2.45, 2.75) is 80.5 Å². The Labute approximate surface area is 212 Å². The SMILES string of the molecule is CC1=C(C)[C](C)([Hf][C]2(CCc3ccccc3)C=Cc3cc4c(cc32)CC(C)(C)C4)C(C)=C1C. The molecule has 0 aliphatic heterocycles. The topological polar surface area (TPSA) is 0 Å². The number of hydrogen-bond acceptors (Lipinski definition) is 0. The first-order valence-corrected chi connectivity index (χ1v) is 16.2. The molecule has 0 amide bonds. The van der Waals surface area contributed by atoms with E-state index in [0.29, 0.717) is 8.59 Å². The predicted octanol–water partition coefficient (Wildman–Crippen LogP) is 8.61. The van der Waals surface area contributed by atoms with E-state index < -0.39 is 22.9 Å². The van der Waals surface area contributed by atoms with Gasteiger partial charge in [-0.25, -0.2) is 0 Å². The van der Waals surface area contributed by atoms with E-state index in [4.69, 9.17) is 0 Å². The molecule has 33 heavy (non-hydrogen) atoms. The van der Waals surface area contributed by atoms with Crippen LogP contribution in [0, 0.1) is 5.41 Å². The predicted molar refractivity (Wildman–Crippen MR) is 138 cm³/mol. The second kappa shape index (κ2) is 8.04. The van der Waals surface area contributed by atoms with Gasteiger partial charge in [-0.3, -0.25) is 0 Å². The van der Waals surface area contributed by atoms with E-state index in [2.05, 4.69) is 103 Å². The summed E-state index contributed by atoms with van der Waals surface area (Å²) >= 11 is -1.26. The van der Waals surface area contributed by atoms with Gasteiger partial charge >= 0.3 is 214 Å². The van der Waals surface area contributed by atoms with Crippen molar-refractivity contribution in [2.24, 2.45) is 5.41 Å². The van der Waals surface area contributed by atoms with E-state index in [9.17, 15) is 0 Å². The van der Waals surface area contributed by atoms with Gasteiger partial charge in [-0.15, -0.1) is 0 Å². The molecule has 170 valence electrons. The van der Waals surface area contributed by atoms with Crippen LogP contribution < -0.4 is 0 Å². The molecule has 0 saturated heterocycles. The zero-order valence-electron chi connectivity index (χ0n) is 21.5. The van der Waals surface area contributed by atoms with Crippen molar-refractivity contribution < 1.29 is 22.9 Å². The van der Waals surface area contributed by atoms with Crippen molar-refractivity contribution in [1.29, 1.82) is 0 Å². The summed E-state index contributed by atoms with van der Waals surface area (Å²) in [6, 6.07) is 16.4. The van der Waals surface area contributed by atoms with Crippen LogP contribution in [0.3, 0.4) is 0 Å². The van der Waals surface area contributed by atoms with Crippen LogP contribution in [-0.4, -0.2) is 0 Å². The van der Waals surface area contributed by atoms with E-state index in [1.165, 1.54) is 36.8 Å². The Kier molecular flexibility index (Phi) is 5.67. The Morgan fingerprint density at radius 2 is 1.42 bits per heavy atom. The summed E-state index contributed by atoms with van der Waals surface area (Å²) in [5.74, 6) is 0. The molecular formula is C32H38Hf. The van der Waals surface area contributed by atoms with Crippen LogP contribution in [0.15, 0.2) is 70.8 Å². The molecule has 0 N–H and O–H groups in total. The normalized spacial score (nSPS) is 24.5. The molecule has 1 heteroatoms. The summed E-state index contributed by atoms with van der Waals surface area (Å²) in [6.45, 7) is 17.0. The monoisotopic (exact) mass is 602 g/mol. The second-order valence-electron chi connectivity index (χ2n) is 11.8. The third kappa shape index (κ3) is 3.83. The third-order valence-corrected chi connectivity index (χ3v) is 17.6. The fourth-order valence-electron chi connectivity index (χ4n) is 6.58. The maximum atomic E-state index is 2.67. The number of rotatable bonds is 5. The molecule has 0 nitrogen and oxygen atoms in total. The molecule has 1 unspecified atom stereocenters. The zero-order valence-corrected chi connectivity index (χ0v) is 25.1. The molecule has 2 aromatic rings. The molecule has 3 aliphatic rings. The van der Waals surface area contributed by atoms with Crippen molar-refractivity contribution in [1.82, 2.24) is 0 Å². The summed E-state index contributed by atoms with van der Waals surface area (Å²) in [7, 11) is 0. The number of allylic oxidation sites excluding steroid dienone is 5. The van der Waals surface area contributed by atoms with Gasteiger partial charge in [0.05, 0.1) is 0 Å². The van der Waals surface area contributed by atoms with Crippen LogP contribution in [-0.2, 0) is 45.3 Å². The van der Waals surface area contributed by atoms with Crippen LogP contribution in [0.2, 0.25) is 3.17 Å². The number of benzene rings is 2. The van der Waals surface area contributed by atoms with Gasteiger partial charge in [-0.2, -0.15) is 0 Å². The summed E-state index contributed by atoms with van der Waals surface area (Å²) < 4.78 is 0.587. The van der Waals surface area contributed by atoms with Gasteiger partial charge in [-0.05, 0) is 0 Å². The Hall–Kier alpha value is -1.47. The minimum atomic E-state index is -1.26. The molecule has 0 heterocycles.